The highest BCUT2D eigenvalue weighted by molar-refractivity contribution is 7.56. The molecule has 0 aromatic carbocycles. The summed E-state index contributed by atoms with van der Waals surface area (Å²) in [5, 5.41) is 0. The molecule has 0 spiro atoms. The molecule has 1 saturated heterocycles. The van der Waals surface area contributed by atoms with Crippen molar-refractivity contribution >= 4 is 319 Å². The van der Waals surface area contributed by atoms with E-state index in [1.807, 2.05) is 0 Å². The third kappa shape index (κ3) is 734. The van der Waals surface area contributed by atoms with Crippen LogP contribution in [0.25, 0.3) is 0 Å². The lowest BCUT2D eigenvalue weighted by atomic mass is 10.3. The molecule has 0 aromatic rings. The molecule has 44 heavy (non-hydrogen) atoms. The van der Waals surface area contributed by atoms with Crippen molar-refractivity contribution in [3.63, 3.8) is 0 Å². The molecule has 1 aliphatic rings. The fraction of sp³-hybridized carbons (Fsp3) is 1.00. The number of hydrogen-bond donors (Lipinski definition) is 0. The van der Waals surface area contributed by atoms with Gasteiger partial charge in [0.05, 0.1) is 311 Å². The highest BCUT2D eigenvalue weighted by Crippen LogP contribution is 2.36. The molecule has 0 saturated carbocycles. The lowest BCUT2D eigenvalue weighted by Gasteiger charge is -2.16. The third-order valence-corrected chi connectivity index (χ3v) is 3.74. The Hall–Kier alpha value is 2.83. The predicted molar refractivity (Wildman–Crippen MR) is 404 cm³/mol. The molecule has 0 aliphatic carbocycles. The Morgan fingerprint density at radius 3 is 0.318 bits per heavy atom. The van der Waals surface area contributed by atoms with Crippen molar-refractivity contribution < 1.29 is 0 Å². The Kier molecular flexibility index (Phi) is 18200. The third-order valence-electron chi connectivity index (χ3n) is 1.58. The van der Waals surface area contributed by atoms with E-state index in [0.717, 1.165) is 0 Å². The molecule has 0 N–H and O–H groups in total. The zero-order chi connectivity index (χ0) is 5.11. The Morgan fingerprint density at radius 2 is 0.273 bits per heavy atom. The van der Waals surface area contributed by atoms with Gasteiger partial charge in [-0.15, -0.1) is 7.92 Å². The molecule has 0 radical (unpaired) electrons. The van der Waals surface area contributed by atoms with Gasteiger partial charge in [-0.1, -0.05) is 6.42 Å². The summed E-state index contributed by atoms with van der Waals surface area (Å²) in [6.45, 7) is 2.43. The van der Waals surface area contributed by atoms with E-state index >= 15 is 0 Å². The molecule has 0 aromatic heterocycles. The molecule has 1 rings (SSSR count). The second kappa shape index (κ2) is 785. The van der Waals surface area contributed by atoms with Gasteiger partial charge in [0.2, 0.25) is 0 Å². The minimum Gasteiger partial charge on any atom is -0.110 e. The van der Waals surface area contributed by atoms with Crippen molar-refractivity contribution in [1.29, 1.82) is 0 Å². The lowest BCUT2D eigenvalue weighted by molar-refractivity contribution is 0.754. The molecule has 0 atom stereocenters. The van der Waals surface area contributed by atoms with Crippen LogP contribution in [0.15, 0.2) is 0 Å². The van der Waals surface area contributed by atoms with Crippen LogP contribution in [0, 0.1) is 0 Å². The van der Waals surface area contributed by atoms with Gasteiger partial charge in [-0.05, 0) is 31.8 Å². The molecule has 1 fully saturated rings. The van der Waals surface area contributed by atoms with Crippen LogP contribution in [0.2, 0.25) is 0 Å². The smallest absolute Gasteiger partial charge is 0.0814 e. The molecule has 38 heteroatoms. The van der Waals surface area contributed by atoms with Gasteiger partial charge in [0.25, 0.3) is 0 Å². The van der Waals surface area contributed by atoms with Crippen LogP contribution in [-0.4, -0.2) is 330 Å². The summed E-state index contributed by atoms with van der Waals surface area (Å²) in [5.74, 6) is 0. The SMILES string of the molecule is B.B.B.B.B.B.B.B.B.B.B.B.B.B.B.B.B.B.B.B.B.B.B.B.B.B.B.B.B.B.B.B.B.B.B.B.B.CP1CCCCC1. The molecule has 0 amide bonds. The summed E-state index contributed by atoms with van der Waals surface area (Å²) in [6.07, 6.45) is 7.64. The number of hydrogen-bond acceptors (Lipinski definition) is 0. The van der Waals surface area contributed by atoms with E-state index in [2.05, 4.69) is 6.66 Å². The molecule has 264 valence electrons. The van der Waals surface area contributed by atoms with Gasteiger partial charge < -0.3 is 0 Å². The first kappa shape index (κ1) is 1020. The van der Waals surface area contributed by atoms with Crippen LogP contribution in [-0.2, 0) is 0 Å². The average Bonchev–Trinajstić information content (AvgIpc) is 1.69. The van der Waals surface area contributed by atoms with E-state index in [-0.39, 0.29) is 311 Å². The molecular formula is C6H124B37P. The quantitative estimate of drug-likeness (QED) is 0.185. The molecule has 1 aliphatic heterocycles. The second-order valence-corrected chi connectivity index (χ2v) is 4.97. The monoisotopic (exact) mass is 635 g/mol. The maximum absolute atomic E-state index is 2.43. The predicted octanol–water partition coefficient (Wildman–Crippen LogP) is -41.5. The lowest BCUT2D eigenvalue weighted by Crippen LogP contribution is -1.96. The van der Waals surface area contributed by atoms with Gasteiger partial charge in [0.1, 0.15) is 0 Å². The average molecular weight is 628 g/mol. The van der Waals surface area contributed by atoms with Crippen molar-refractivity contribution in [2.45, 2.75) is 19.3 Å². The van der Waals surface area contributed by atoms with Crippen LogP contribution in [0.5, 0.6) is 0 Å². The van der Waals surface area contributed by atoms with E-state index in [0.29, 0.717) is 7.92 Å². The molecule has 1 heterocycles. The van der Waals surface area contributed by atoms with Crippen LogP contribution >= 0.6 is 7.92 Å². The van der Waals surface area contributed by atoms with Gasteiger partial charge in [-0.25, -0.2) is 0 Å². The highest BCUT2D eigenvalue weighted by Gasteiger charge is 2.05. The van der Waals surface area contributed by atoms with Gasteiger partial charge in [-0.3, -0.25) is 0 Å². The Bertz CT molecular complexity index is 74.0. The largest absolute Gasteiger partial charge is 0.110 e. The van der Waals surface area contributed by atoms with E-state index in [4.69, 9.17) is 0 Å². The maximum atomic E-state index is 2.43. The van der Waals surface area contributed by atoms with E-state index < -0.39 is 0 Å². The van der Waals surface area contributed by atoms with Crippen LogP contribution in [0.1, 0.15) is 19.3 Å². The van der Waals surface area contributed by atoms with Gasteiger partial charge in [0.15, 0.2) is 0 Å². The first-order valence-corrected chi connectivity index (χ1v) is 5.24. The van der Waals surface area contributed by atoms with Gasteiger partial charge in [0, 0.05) is 0 Å². The minimum atomic E-state index is 0. The zero-order valence-electron chi connectivity index (χ0n) is 4.98. The summed E-state index contributed by atoms with van der Waals surface area (Å²) in [6, 6.07) is 0. The fourth-order valence-electron chi connectivity index (χ4n) is 1.05. The normalized spacial score (nSPS) is 4.02. The second-order valence-electron chi connectivity index (χ2n) is 2.36. The van der Waals surface area contributed by atoms with Crippen LogP contribution < -0.4 is 0 Å². The maximum Gasteiger partial charge on any atom is 0.0814 e. The molecule has 0 nitrogen and oxygen atoms in total. The van der Waals surface area contributed by atoms with Crippen LogP contribution in [0.3, 0.4) is 0 Å². The van der Waals surface area contributed by atoms with Crippen LogP contribution in [0.4, 0.5) is 0 Å². The number of rotatable bonds is 0. The Balaban J connectivity index is -0.000000000378. The molecule has 0 unspecified atom stereocenters. The van der Waals surface area contributed by atoms with Gasteiger partial charge in [-0.2, -0.15) is 0 Å². The summed E-state index contributed by atoms with van der Waals surface area (Å²) in [7, 11) is 0.508. The van der Waals surface area contributed by atoms with E-state index in [9.17, 15) is 0 Å². The molecular weight excluding hydrogens is 503 g/mol. The first-order valence-electron chi connectivity index (χ1n) is 3.08. The summed E-state index contributed by atoms with van der Waals surface area (Å²) < 4.78 is 0. The fourth-order valence-corrected chi connectivity index (χ4v) is 2.80. The van der Waals surface area contributed by atoms with Crippen molar-refractivity contribution in [2.24, 2.45) is 0 Å². The molecule has 0 bridgehead atoms. The summed E-state index contributed by atoms with van der Waals surface area (Å²) >= 11 is 0. The van der Waals surface area contributed by atoms with E-state index in [1.54, 1.807) is 12.3 Å². The first-order chi connectivity index (χ1) is 3.39. The standard InChI is InChI=1S/C6H13P.37BH3/c1-7-5-3-2-4-6-7;;;;;;;;;;;;;;;;;;;;;;;;;;;;;;;;;;;;;/h2-6H2,1H3;37*1H3. The Labute approximate surface area is 355 Å². The van der Waals surface area contributed by atoms with Gasteiger partial charge >= 0.3 is 0 Å². The highest BCUT2D eigenvalue weighted by atomic mass is 31.1. The van der Waals surface area contributed by atoms with E-state index in [1.165, 1.54) is 19.3 Å². The van der Waals surface area contributed by atoms with Crippen molar-refractivity contribution in [1.82, 2.24) is 0 Å². The van der Waals surface area contributed by atoms with Crippen molar-refractivity contribution in [3.05, 3.63) is 0 Å². The van der Waals surface area contributed by atoms with Crippen molar-refractivity contribution in [2.75, 3.05) is 19.0 Å². The topological polar surface area (TPSA) is 0 Å². The summed E-state index contributed by atoms with van der Waals surface area (Å²) in [5.41, 5.74) is 0. The summed E-state index contributed by atoms with van der Waals surface area (Å²) in [4.78, 5) is 0. The minimum absolute atomic E-state index is 0. The zero-order valence-corrected chi connectivity index (χ0v) is 5.88. The van der Waals surface area contributed by atoms with Crippen molar-refractivity contribution in [3.8, 4) is 0 Å². The Morgan fingerprint density at radius 1 is 0.182 bits per heavy atom.